The number of aliphatic hydroxyl groups excluding tert-OH is 1. The Bertz CT molecular complexity index is 2350. The number of nitrogens with one attached hydrogen (secondary N) is 5. The Morgan fingerprint density at radius 3 is 2.35 bits per heavy atom. The molecule has 3 fully saturated rings. The molecule has 0 bridgehead atoms. The Balaban J connectivity index is 0.863. The third-order valence-electron chi connectivity index (χ3n) is 12.4. The van der Waals surface area contributed by atoms with Crippen molar-refractivity contribution in [2.75, 3.05) is 29.6 Å². The van der Waals surface area contributed by atoms with Crippen LogP contribution in [0.4, 0.5) is 21.9 Å². The van der Waals surface area contributed by atoms with Gasteiger partial charge in [-0.3, -0.25) is 19.2 Å². The van der Waals surface area contributed by atoms with E-state index < -0.39 is 12.1 Å². The van der Waals surface area contributed by atoms with Crippen molar-refractivity contribution in [3.63, 3.8) is 0 Å². The number of urea groups is 1. The van der Waals surface area contributed by atoms with Crippen LogP contribution in [0.2, 0.25) is 0 Å². The Morgan fingerprint density at radius 2 is 1.62 bits per heavy atom. The molecule has 7 atom stereocenters. The number of unbranched alkanes of at least 4 members (excludes halogenated alkanes) is 2. The zero-order chi connectivity index (χ0) is 46.4. The van der Waals surface area contributed by atoms with Crippen molar-refractivity contribution in [3.8, 4) is 5.75 Å². The van der Waals surface area contributed by atoms with E-state index in [1.54, 1.807) is 48.4 Å². The second kappa shape index (κ2) is 23.1. The van der Waals surface area contributed by atoms with Crippen LogP contribution in [-0.2, 0) is 25.6 Å². The molecule has 16 nitrogen and oxygen atoms in total. The van der Waals surface area contributed by atoms with Gasteiger partial charge in [0.1, 0.15) is 11.8 Å². The molecule has 3 heterocycles. The minimum absolute atomic E-state index is 0.0299. The van der Waals surface area contributed by atoms with Gasteiger partial charge in [-0.15, -0.1) is 0 Å². The van der Waals surface area contributed by atoms with Gasteiger partial charge in [-0.2, -0.15) is 11.8 Å². The summed E-state index contributed by atoms with van der Waals surface area (Å²) >= 11 is 1.83. The summed E-state index contributed by atoms with van der Waals surface area (Å²) in [7, 11) is 1.61. The number of aliphatic hydroxyl groups is 1. The molecular weight excluding hydrogens is 859 g/mol. The van der Waals surface area contributed by atoms with Crippen molar-refractivity contribution in [1.82, 2.24) is 21.3 Å². The lowest BCUT2D eigenvalue weighted by Crippen LogP contribution is -2.55. The van der Waals surface area contributed by atoms with E-state index >= 15 is 0 Å². The molecule has 6 N–H and O–H groups in total. The Labute approximate surface area is 388 Å². The van der Waals surface area contributed by atoms with Crippen LogP contribution in [0.3, 0.4) is 0 Å². The lowest BCUT2D eigenvalue weighted by molar-refractivity contribution is -0.131. The van der Waals surface area contributed by atoms with Crippen molar-refractivity contribution in [2.45, 2.75) is 99.7 Å². The molecule has 4 aromatic carbocycles. The fraction of sp³-hybridized carbons (Fsp3) is 0.408. The molecule has 0 aromatic heterocycles. The van der Waals surface area contributed by atoms with Gasteiger partial charge in [0.2, 0.25) is 23.6 Å². The van der Waals surface area contributed by atoms with Crippen molar-refractivity contribution >= 4 is 58.5 Å². The lowest BCUT2D eigenvalue weighted by Gasteiger charge is -2.48. The van der Waals surface area contributed by atoms with E-state index in [9.17, 15) is 29.1 Å². The quantitative estimate of drug-likeness (QED) is 0.0109. The van der Waals surface area contributed by atoms with Crippen LogP contribution >= 0.6 is 11.8 Å². The predicted molar refractivity (Wildman–Crippen MR) is 254 cm³/mol. The van der Waals surface area contributed by atoms with Crippen LogP contribution in [-0.4, -0.2) is 77.5 Å². The van der Waals surface area contributed by atoms with Crippen molar-refractivity contribution in [1.29, 1.82) is 0 Å². The maximum atomic E-state index is 13.7. The maximum Gasteiger partial charge on any atom is 0.315 e. The van der Waals surface area contributed by atoms with Gasteiger partial charge in [-0.25, -0.2) is 4.79 Å². The van der Waals surface area contributed by atoms with Gasteiger partial charge in [-0.1, -0.05) is 78.3 Å². The van der Waals surface area contributed by atoms with Gasteiger partial charge < -0.3 is 41.3 Å². The van der Waals surface area contributed by atoms with E-state index in [1.807, 2.05) is 78.5 Å². The van der Waals surface area contributed by atoms with Gasteiger partial charge in [0.25, 0.3) is 0 Å². The number of amides is 6. The number of fused-ring (bicyclic) bond motifs is 1. The molecule has 3 aliphatic rings. The maximum absolute atomic E-state index is 13.7. The predicted octanol–water partition coefficient (Wildman–Crippen LogP) is 7.53. The number of β-lactam (4-membered cyclic amide) rings is 1. The number of methoxy groups -OCH3 is 1. The second-order valence-corrected chi connectivity index (χ2v) is 18.2. The number of thioether (sulfide) groups is 1. The number of azide groups is 1. The SMILES string of the molecule is COc1ccc(C2C(CCC(O)c3ccccc3)C(=O)N2c2ccc(NC(=O)CCCCNC(=O)C(Cc3ccc(N=[N+]=[N-])cc3)NC(=O)CCCCC3SCC4NC(=O)NC43)cc2)cc1. The zero-order valence-corrected chi connectivity index (χ0v) is 37.8. The van der Waals surface area contributed by atoms with Gasteiger partial charge in [0.05, 0.1) is 37.3 Å². The third kappa shape index (κ3) is 12.4. The molecule has 17 heteroatoms. The summed E-state index contributed by atoms with van der Waals surface area (Å²) < 4.78 is 5.36. The Hall–Kier alpha value is -6.55. The topological polar surface area (TPSA) is 227 Å². The van der Waals surface area contributed by atoms with Crippen LogP contribution in [0.25, 0.3) is 10.4 Å². The largest absolute Gasteiger partial charge is 0.497 e. The van der Waals surface area contributed by atoms with Crippen LogP contribution < -0.4 is 36.2 Å². The molecule has 3 saturated heterocycles. The van der Waals surface area contributed by atoms with E-state index in [1.165, 1.54) is 0 Å². The van der Waals surface area contributed by atoms with E-state index in [-0.39, 0.29) is 73.0 Å². The molecule has 6 amide bonds. The first-order valence-corrected chi connectivity index (χ1v) is 23.6. The molecule has 7 rings (SSSR count). The average Bonchev–Trinajstić information content (AvgIpc) is 3.89. The summed E-state index contributed by atoms with van der Waals surface area (Å²) in [4.78, 5) is 69.5. The fourth-order valence-corrected chi connectivity index (χ4v) is 10.4. The summed E-state index contributed by atoms with van der Waals surface area (Å²) in [5, 5.41) is 29.5. The number of hydrogen-bond acceptors (Lipinski definition) is 9. The number of benzene rings is 4. The van der Waals surface area contributed by atoms with Crippen molar-refractivity contribution < 1.29 is 33.8 Å². The number of carbonyl (C=O) groups is 5. The normalized spacial score (nSPS) is 20.4. The average molecular weight is 916 g/mol. The molecule has 3 aliphatic heterocycles. The number of anilines is 2. The molecule has 0 spiro atoms. The van der Waals surface area contributed by atoms with Gasteiger partial charge in [-0.05, 0) is 97.1 Å². The highest BCUT2D eigenvalue weighted by Crippen LogP contribution is 2.47. The molecule has 346 valence electrons. The highest BCUT2D eigenvalue weighted by atomic mass is 32.2. The number of nitrogens with zero attached hydrogens (tertiary/aromatic N) is 4. The molecule has 0 aliphatic carbocycles. The molecule has 0 radical (unpaired) electrons. The van der Waals surface area contributed by atoms with Crippen LogP contribution in [0.15, 0.2) is 108 Å². The lowest BCUT2D eigenvalue weighted by atomic mass is 9.78. The Kier molecular flexibility index (Phi) is 16.6. The van der Waals surface area contributed by atoms with Gasteiger partial charge >= 0.3 is 6.03 Å². The second-order valence-electron chi connectivity index (χ2n) is 16.9. The zero-order valence-electron chi connectivity index (χ0n) is 36.9. The number of ether oxygens (including phenoxy) is 1. The number of rotatable bonds is 23. The standard InChI is InChI=1S/C49H57N9O7S/c1-65-37-24-16-33(17-25-37)46-38(26-27-41(59)32-9-3-2-4-10-32)48(63)58(46)36-22-20-34(21-23-36)52-43(60)13-7-8-28-51-47(62)39(29-31-14-18-35(19-15-31)56-57-50)53-44(61)12-6-5-11-42-45-40(30-66-42)54-49(64)55-45/h2-4,9-10,14-25,38-42,45-46,59H,5-8,11-13,26-30H2,1H3,(H,51,62)(H,52,60)(H,53,61)(H2,54,55,64). The first kappa shape index (κ1) is 47.4. The summed E-state index contributed by atoms with van der Waals surface area (Å²) in [6.07, 6.45) is 4.38. The summed E-state index contributed by atoms with van der Waals surface area (Å²) in [6, 6.07) is 30.2. The molecule has 0 saturated carbocycles. The van der Waals surface area contributed by atoms with Crippen molar-refractivity contribution in [2.24, 2.45) is 11.0 Å². The molecule has 66 heavy (non-hydrogen) atoms. The third-order valence-corrected chi connectivity index (χ3v) is 13.9. The van der Waals surface area contributed by atoms with Crippen LogP contribution in [0, 0.1) is 5.92 Å². The summed E-state index contributed by atoms with van der Waals surface area (Å²) in [5.41, 5.74) is 13.1. The van der Waals surface area contributed by atoms with E-state index in [2.05, 4.69) is 36.6 Å². The summed E-state index contributed by atoms with van der Waals surface area (Å²) in [6.45, 7) is 0.307. The molecule has 4 aromatic rings. The molecule has 7 unspecified atom stereocenters. The van der Waals surface area contributed by atoms with Gasteiger partial charge in [0.15, 0.2) is 0 Å². The smallest absolute Gasteiger partial charge is 0.315 e. The van der Waals surface area contributed by atoms with Crippen molar-refractivity contribution in [3.05, 3.63) is 130 Å². The first-order valence-electron chi connectivity index (χ1n) is 22.6. The minimum atomic E-state index is -0.837. The molecular formula is C49H57N9O7S. The van der Waals surface area contributed by atoms with Crippen LogP contribution in [0.1, 0.15) is 86.6 Å². The van der Waals surface area contributed by atoms with E-state index in [0.29, 0.717) is 66.7 Å². The van der Waals surface area contributed by atoms with Crippen LogP contribution in [0.5, 0.6) is 5.75 Å². The highest BCUT2D eigenvalue weighted by molar-refractivity contribution is 8.00. The van der Waals surface area contributed by atoms with Gasteiger partial charge in [0, 0.05) is 58.8 Å². The Morgan fingerprint density at radius 1 is 0.894 bits per heavy atom. The van der Waals surface area contributed by atoms with E-state index in [0.717, 1.165) is 35.3 Å². The minimum Gasteiger partial charge on any atom is -0.497 e. The monoisotopic (exact) mass is 915 g/mol. The number of hydrogen-bond donors (Lipinski definition) is 6. The summed E-state index contributed by atoms with van der Waals surface area (Å²) in [5.74, 6) is 0.488. The van der Waals surface area contributed by atoms with E-state index in [4.69, 9.17) is 10.3 Å². The fourth-order valence-electron chi connectivity index (χ4n) is 8.89. The first-order chi connectivity index (χ1) is 32.1. The number of carbonyl (C=O) groups excluding carboxylic acids is 5. The highest BCUT2D eigenvalue weighted by Gasteiger charge is 2.48.